The molecule has 1 atom stereocenters. The number of nitriles is 1. The molecule has 4 heterocycles. The Morgan fingerprint density at radius 2 is 2.03 bits per heavy atom. The molecule has 3 aromatic heterocycles. The Kier molecular flexibility index (Phi) is 5.52. The second-order valence-electron chi connectivity index (χ2n) is 10.7. The third kappa shape index (κ3) is 3.73. The van der Waals surface area contributed by atoms with Gasteiger partial charge in [0.05, 0.1) is 24.6 Å². The van der Waals surface area contributed by atoms with Crippen LogP contribution in [-0.2, 0) is 5.41 Å². The van der Waals surface area contributed by atoms with Gasteiger partial charge in [-0.2, -0.15) is 5.26 Å². The van der Waals surface area contributed by atoms with Crippen molar-refractivity contribution in [3.8, 4) is 22.9 Å². The number of benzene rings is 1. The van der Waals surface area contributed by atoms with Gasteiger partial charge in [-0.25, -0.2) is 4.98 Å². The van der Waals surface area contributed by atoms with E-state index in [0.29, 0.717) is 11.6 Å². The molecule has 1 unspecified atom stereocenters. The zero-order valence-corrected chi connectivity index (χ0v) is 21.6. The van der Waals surface area contributed by atoms with Crippen LogP contribution in [0, 0.1) is 18.3 Å². The number of methoxy groups -OCH3 is 1. The lowest BCUT2D eigenvalue weighted by Crippen LogP contribution is -2.32. The van der Waals surface area contributed by atoms with Crippen LogP contribution < -0.4 is 9.64 Å². The fourth-order valence-corrected chi connectivity index (χ4v) is 5.11. The van der Waals surface area contributed by atoms with Crippen LogP contribution in [0.15, 0.2) is 35.1 Å². The van der Waals surface area contributed by atoms with Gasteiger partial charge in [-0.05, 0) is 45.1 Å². The third-order valence-corrected chi connectivity index (χ3v) is 7.26. The maximum atomic E-state index is 10.2. The lowest BCUT2D eigenvalue weighted by Gasteiger charge is -2.26. The molecule has 0 amide bonds. The molecule has 7 heteroatoms. The summed E-state index contributed by atoms with van der Waals surface area (Å²) in [6.45, 7) is 10.3. The number of hydrogen-bond acceptors (Lipinski definition) is 6. The highest BCUT2D eigenvalue weighted by Crippen LogP contribution is 2.43. The maximum Gasteiger partial charge on any atom is 0.156 e. The van der Waals surface area contributed by atoms with E-state index in [2.05, 4.69) is 61.3 Å². The predicted octanol–water partition coefficient (Wildman–Crippen LogP) is 5.37. The highest BCUT2D eigenvalue weighted by atomic mass is 16.5. The van der Waals surface area contributed by atoms with Crippen molar-refractivity contribution < 1.29 is 9.15 Å². The van der Waals surface area contributed by atoms with E-state index in [9.17, 15) is 5.26 Å². The second-order valence-corrected chi connectivity index (χ2v) is 10.7. The molecule has 4 aromatic rings. The second kappa shape index (κ2) is 8.31. The first-order valence-electron chi connectivity index (χ1n) is 12.1. The number of imidazole rings is 1. The van der Waals surface area contributed by atoms with Gasteiger partial charge in [-0.15, -0.1) is 0 Å². The Morgan fingerprint density at radius 3 is 2.66 bits per heavy atom. The fraction of sp³-hybridized carbons (Fsp3) is 0.429. The molecule has 0 bridgehead atoms. The maximum absolute atomic E-state index is 10.2. The first-order valence-corrected chi connectivity index (χ1v) is 12.1. The minimum absolute atomic E-state index is 0.139. The molecule has 0 spiro atoms. The van der Waals surface area contributed by atoms with Crippen molar-refractivity contribution in [1.29, 1.82) is 5.26 Å². The van der Waals surface area contributed by atoms with E-state index in [0.717, 1.165) is 70.1 Å². The van der Waals surface area contributed by atoms with Crippen LogP contribution in [0.2, 0.25) is 0 Å². The molecule has 1 saturated heterocycles. The molecule has 0 N–H and O–H groups in total. The number of pyridine rings is 1. The monoisotopic (exact) mass is 471 g/mol. The number of furan rings is 1. The highest BCUT2D eigenvalue weighted by molar-refractivity contribution is 6.00. The van der Waals surface area contributed by atoms with Crippen LogP contribution in [0.25, 0.3) is 27.7 Å². The summed E-state index contributed by atoms with van der Waals surface area (Å²) in [5.74, 6) is 1.82. The minimum Gasteiger partial charge on any atom is -0.497 e. The van der Waals surface area contributed by atoms with E-state index in [1.54, 1.807) is 7.11 Å². The summed E-state index contributed by atoms with van der Waals surface area (Å²) in [7, 11) is 5.93. The summed E-state index contributed by atoms with van der Waals surface area (Å²) in [5.41, 5.74) is 5.84. The molecule has 1 aromatic carbocycles. The summed E-state index contributed by atoms with van der Waals surface area (Å²) >= 11 is 0. The highest BCUT2D eigenvalue weighted by Gasteiger charge is 2.32. The number of fused-ring (bicyclic) bond motifs is 2. The van der Waals surface area contributed by atoms with Crippen molar-refractivity contribution in [2.75, 3.05) is 39.2 Å². The molecule has 35 heavy (non-hydrogen) atoms. The molecular formula is C28H33N5O2. The third-order valence-electron chi connectivity index (χ3n) is 7.26. The SMILES string of the molecule is COc1ccc2c(-c3c(C)c(C#N)c4nc(C(C)(C)C)cn4c3N3CCC(N(C)C)C3)coc2c1. The summed E-state index contributed by atoms with van der Waals surface area (Å²) in [6.07, 6.45) is 5.00. The van der Waals surface area contributed by atoms with Crippen LogP contribution in [0.3, 0.4) is 0 Å². The van der Waals surface area contributed by atoms with Crippen molar-refractivity contribution in [2.45, 2.75) is 45.6 Å². The standard InChI is InChI=1S/C28H33N5O2/c1-17-21(13-29)26-30-24(28(2,3)4)15-33(26)27(32-11-10-18(14-32)31(5)6)25(17)22-16-35-23-12-19(34-7)8-9-20(22)23/h8-9,12,15-16,18H,10-11,14H2,1-7H3. The van der Waals surface area contributed by atoms with Gasteiger partial charge in [0.15, 0.2) is 5.65 Å². The van der Waals surface area contributed by atoms with Crippen LogP contribution >= 0.6 is 0 Å². The van der Waals surface area contributed by atoms with Crippen molar-refractivity contribution in [2.24, 2.45) is 0 Å². The minimum atomic E-state index is -0.139. The molecule has 0 radical (unpaired) electrons. The lowest BCUT2D eigenvalue weighted by atomic mass is 9.93. The van der Waals surface area contributed by atoms with Gasteiger partial charge >= 0.3 is 0 Å². The summed E-state index contributed by atoms with van der Waals surface area (Å²) < 4.78 is 13.5. The molecule has 0 aliphatic carbocycles. The first-order chi connectivity index (χ1) is 16.6. The van der Waals surface area contributed by atoms with E-state index >= 15 is 0 Å². The molecule has 1 aliphatic heterocycles. The van der Waals surface area contributed by atoms with Crippen molar-refractivity contribution in [3.05, 3.63) is 47.5 Å². The van der Waals surface area contributed by atoms with Crippen LogP contribution in [0.1, 0.15) is 44.0 Å². The largest absolute Gasteiger partial charge is 0.497 e. The van der Waals surface area contributed by atoms with Gasteiger partial charge in [-0.1, -0.05) is 20.8 Å². The molecule has 7 nitrogen and oxygen atoms in total. The van der Waals surface area contributed by atoms with E-state index in [1.165, 1.54) is 0 Å². The molecule has 5 rings (SSSR count). The van der Waals surface area contributed by atoms with Crippen molar-refractivity contribution >= 4 is 22.4 Å². The summed E-state index contributed by atoms with van der Waals surface area (Å²) in [6, 6.07) is 8.81. The Hall–Kier alpha value is -3.50. The Labute approximate surface area is 206 Å². The number of rotatable bonds is 4. The Morgan fingerprint density at radius 1 is 1.26 bits per heavy atom. The number of likely N-dealkylation sites (N-methyl/N-ethyl adjacent to an activating group) is 1. The number of hydrogen-bond donors (Lipinski definition) is 0. The molecule has 1 aliphatic rings. The molecule has 0 saturated carbocycles. The average Bonchev–Trinajstić information content (AvgIpc) is 3.55. The average molecular weight is 472 g/mol. The summed E-state index contributed by atoms with van der Waals surface area (Å²) in [5, 5.41) is 11.2. The van der Waals surface area contributed by atoms with E-state index in [-0.39, 0.29) is 5.41 Å². The van der Waals surface area contributed by atoms with E-state index in [4.69, 9.17) is 14.1 Å². The zero-order valence-electron chi connectivity index (χ0n) is 21.6. The van der Waals surface area contributed by atoms with Gasteiger partial charge in [0, 0.05) is 53.3 Å². The Balaban J connectivity index is 1.85. The van der Waals surface area contributed by atoms with Crippen LogP contribution in [-0.4, -0.2) is 54.6 Å². The number of aromatic nitrogens is 2. The summed E-state index contributed by atoms with van der Waals surface area (Å²) in [4.78, 5) is 9.71. The molecule has 1 fully saturated rings. The van der Waals surface area contributed by atoms with Gasteiger partial charge in [0.2, 0.25) is 0 Å². The van der Waals surface area contributed by atoms with Crippen molar-refractivity contribution in [1.82, 2.24) is 14.3 Å². The van der Waals surface area contributed by atoms with Crippen LogP contribution in [0.5, 0.6) is 5.75 Å². The topological polar surface area (TPSA) is 69.9 Å². The van der Waals surface area contributed by atoms with E-state index in [1.807, 2.05) is 31.4 Å². The van der Waals surface area contributed by atoms with Crippen molar-refractivity contribution in [3.63, 3.8) is 0 Å². The van der Waals surface area contributed by atoms with Gasteiger partial charge in [0.25, 0.3) is 0 Å². The quantitative estimate of drug-likeness (QED) is 0.398. The molecular weight excluding hydrogens is 438 g/mol. The normalized spacial score (nSPS) is 16.5. The zero-order chi connectivity index (χ0) is 25.1. The van der Waals surface area contributed by atoms with Gasteiger partial charge in [0.1, 0.15) is 23.2 Å². The first kappa shape index (κ1) is 23.3. The lowest BCUT2D eigenvalue weighted by molar-refractivity contribution is 0.315. The fourth-order valence-electron chi connectivity index (χ4n) is 5.11. The predicted molar refractivity (Wildman–Crippen MR) is 139 cm³/mol. The van der Waals surface area contributed by atoms with Gasteiger partial charge < -0.3 is 19.0 Å². The Bertz CT molecular complexity index is 1470. The van der Waals surface area contributed by atoms with E-state index < -0.39 is 0 Å². The smallest absolute Gasteiger partial charge is 0.156 e. The van der Waals surface area contributed by atoms with Crippen LogP contribution in [0.4, 0.5) is 5.82 Å². The number of nitrogens with zero attached hydrogens (tertiary/aromatic N) is 5. The molecule has 182 valence electrons. The number of ether oxygens (including phenoxy) is 1. The number of anilines is 1. The van der Waals surface area contributed by atoms with Gasteiger partial charge in [-0.3, -0.25) is 4.40 Å².